The Morgan fingerprint density at radius 3 is 2.42 bits per heavy atom. The lowest BCUT2D eigenvalue weighted by Crippen LogP contribution is -2.06. The van der Waals surface area contributed by atoms with E-state index < -0.39 is 0 Å². The number of benzene rings is 2. The molecule has 0 aliphatic carbocycles. The number of rotatable bonds is 10. The van der Waals surface area contributed by atoms with Crippen molar-refractivity contribution < 1.29 is 19.1 Å². The number of ketones is 1. The number of nitrogens with zero attached hydrogens (tertiary/aromatic N) is 2. The van der Waals surface area contributed by atoms with Gasteiger partial charge in [-0.3, -0.25) is 4.79 Å². The molecule has 0 N–H and O–H groups in total. The van der Waals surface area contributed by atoms with Gasteiger partial charge in [0, 0.05) is 6.07 Å². The maximum Gasteiger partial charge on any atom is 0.213 e. The van der Waals surface area contributed by atoms with Crippen molar-refractivity contribution in [3.8, 4) is 17.4 Å². The van der Waals surface area contributed by atoms with Crippen LogP contribution in [0.25, 0.3) is 6.08 Å². The van der Waals surface area contributed by atoms with Crippen LogP contribution < -0.4 is 9.47 Å². The monoisotopic (exact) mass is 416 g/mol. The summed E-state index contributed by atoms with van der Waals surface area (Å²) < 4.78 is 11.3. The van der Waals surface area contributed by atoms with Crippen LogP contribution in [0.15, 0.2) is 84.2 Å². The van der Waals surface area contributed by atoms with Gasteiger partial charge in [-0.1, -0.05) is 53.7 Å². The quantitative estimate of drug-likeness (QED) is 0.250. The third kappa shape index (κ3) is 7.78. The molecule has 3 rings (SSSR count). The molecule has 0 saturated carbocycles. The fourth-order valence-corrected chi connectivity index (χ4v) is 2.52. The Kier molecular flexibility index (Phi) is 7.94. The molecule has 0 atom stereocenters. The first-order chi connectivity index (χ1) is 15.1. The van der Waals surface area contributed by atoms with E-state index in [0.29, 0.717) is 24.0 Å². The van der Waals surface area contributed by atoms with Crippen molar-refractivity contribution in [1.82, 2.24) is 4.98 Å². The SMILES string of the molecule is CC(C)Oc1ccc(Oc2ccc(/C=C/C(=O)C=NOCc3ccccc3)cc2)cn1. The second-order valence-electron chi connectivity index (χ2n) is 6.90. The fraction of sp³-hybridized carbons (Fsp3) is 0.160. The molecule has 0 unspecified atom stereocenters. The summed E-state index contributed by atoms with van der Waals surface area (Å²) in [6, 6.07) is 20.5. The van der Waals surface area contributed by atoms with Crippen LogP contribution in [0.3, 0.4) is 0 Å². The Morgan fingerprint density at radius 1 is 1.00 bits per heavy atom. The van der Waals surface area contributed by atoms with Crippen LogP contribution in [0.1, 0.15) is 25.0 Å². The molecule has 0 fully saturated rings. The topological polar surface area (TPSA) is 70.0 Å². The van der Waals surface area contributed by atoms with Crippen molar-refractivity contribution in [2.75, 3.05) is 0 Å². The van der Waals surface area contributed by atoms with Crippen LogP contribution in [-0.2, 0) is 16.2 Å². The largest absolute Gasteiger partial charge is 0.475 e. The molecule has 0 saturated heterocycles. The predicted molar refractivity (Wildman–Crippen MR) is 120 cm³/mol. The molecule has 3 aromatic rings. The standard InChI is InChI=1S/C25H24N2O4/c1-19(2)30-25-15-14-24(17-26-25)31-23-12-9-20(10-13-23)8-11-22(28)16-27-29-18-21-6-4-3-5-7-21/h3-17,19H,18H2,1-2H3/b11-8+,27-16?. The van der Waals surface area contributed by atoms with Gasteiger partial charge in [0.1, 0.15) is 24.3 Å². The lowest BCUT2D eigenvalue weighted by molar-refractivity contribution is -0.108. The van der Waals surface area contributed by atoms with E-state index in [4.69, 9.17) is 14.3 Å². The summed E-state index contributed by atoms with van der Waals surface area (Å²) in [5.41, 5.74) is 1.85. The highest BCUT2D eigenvalue weighted by atomic mass is 16.6. The maximum absolute atomic E-state index is 11.9. The van der Waals surface area contributed by atoms with E-state index in [2.05, 4.69) is 10.1 Å². The van der Waals surface area contributed by atoms with E-state index in [9.17, 15) is 4.79 Å². The van der Waals surface area contributed by atoms with Crippen molar-refractivity contribution in [3.05, 3.63) is 90.1 Å². The number of hydrogen-bond donors (Lipinski definition) is 0. The highest BCUT2D eigenvalue weighted by molar-refractivity contribution is 6.33. The van der Waals surface area contributed by atoms with Gasteiger partial charge < -0.3 is 14.3 Å². The Hall–Kier alpha value is -3.93. The molecule has 0 spiro atoms. The molecule has 6 nitrogen and oxygen atoms in total. The number of hydrogen-bond acceptors (Lipinski definition) is 6. The number of carbonyl (C=O) groups excluding carboxylic acids is 1. The minimum atomic E-state index is -0.261. The van der Waals surface area contributed by atoms with Crippen molar-refractivity contribution >= 4 is 18.1 Å². The lowest BCUT2D eigenvalue weighted by Gasteiger charge is -2.09. The Balaban J connectivity index is 1.46. The summed E-state index contributed by atoms with van der Waals surface area (Å²) in [6.45, 7) is 4.21. The van der Waals surface area contributed by atoms with Crippen LogP contribution in [0.4, 0.5) is 0 Å². The number of aromatic nitrogens is 1. The predicted octanol–water partition coefficient (Wildman–Crippen LogP) is 5.45. The lowest BCUT2D eigenvalue weighted by atomic mass is 10.2. The zero-order valence-corrected chi connectivity index (χ0v) is 17.5. The second kappa shape index (κ2) is 11.3. The van der Waals surface area contributed by atoms with Crippen molar-refractivity contribution in [2.45, 2.75) is 26.6 Å². The van der Waals surface area contributed by atoms with Gasteiger partial charge in [0.05, 0.1) is 12.3 Å². The van der Waals surface area contributed by atoms with Gasteiger partial charge in [0.25, 0.3) is 0 Å². The molecule has 1 aromatic heterocycles. The second-order valence-corrected chi connectivity index (χ2v) is 6.90. The van der Waals surface area contributed by atoms with Crippen LogP contribution in [0.5, 0.6) is 17.4 Å². The minimum Gasteiger partial charge on any atom is -0.475 e. The molecular weight excluding hydrogens is 392 g/mol. The van der Waals surface area contributed by atoms with Crippen LogP contribution in [-0.4, -0.2) is 23.1 Å². The summed E-state index contributed by atoms with van der Waals surface area (Å²) in [5, 5.41) is 3.70. The Labute approximate surface area is 181 Å². The summed E-state index contributed by atoms with van der Waals surface area (Å²) in [4.78, 5) is 21.2. The summed E-state index contributed by atoms with van der Waals surface area (Å²) in [6.07, 6.45) is 5.97. The minimum absolute atomic E-state index is 0.0693. The van der Waals surface area contributed by atoms with E-state index in [0.717, 1.165) is 17.3 Å². The molecule has 6 heteroatoms. The van der Waals surface area contributed by atoms with Crippen molar-refractivity contribution in [1.29, 1.82) is 0 Å². The van der Waals surface area contributed by atoms with Crippen molar-refractivity contribution in [3.63, 3.8) is 0 Å². The zero-order chi connectivity index (χ0) is 21.9. The van der Waals surface area contributed by atoms with E-state index in [1.54, 1.807) is 24.4 Å². The van der Waals surface area contributed by atoms with Crippen molar-refractivity contribution in [2.24, 2.45) is 5.16 Å². The third-order valence-electron chi connectivity index (χ3n) is 3.95. The average molecular weight is 416 g/mol. The zero-order valence-electron chi connectivity index (χ0n) is 17.5. The van der Waals surface area contributed by atoms with E-state index in [1.165, 1.54) is 6.08 Å². The molecule has 0 aliphatic rings. The van der Waals surface area contributed by atoms with Crippen LogP contribution in [0, 0.1) is 0 Å². The molecule has 0 radical (unpaired) electrons. The van der Waals surface area contributed by atoms with Gasteiger partial charge in [0.2, 0.25) is 5.88 Å². The van der Waals surface area contributed by atoms with Gasteiger partial charge >= 0.3 is 0 Å². The Bertz CT molecular complexity index is 1010. The maximum atomic E-state index is 11.9. The number of allylic oxidation sites excluding steroid dienone is 1. The normalized spacial score (nSPS) is 11.2. The highest BCUT2D eigenvalue weighted by Gasteiger charge is 2.02. The van der Waals surface area contributed by atoms with Gasteiger partial charge in [-0.05, 0) is 49.2 Å². The van der Waals surface area contributed by atoms with Gasteiger partial charge in [-0.25, -0.2) is 4.98 Å². The van der Waals surface area contributed by atoms with Crippen LogP contribution >= 0.6 is 0 Å². The van der Waals surface area contributed by atoms with Gasteiger partial charge in [-0.2, -0.15) is 0 Å². The fourth-order valence-electron chi connectivity index (χ4n) is 2.52. The molecule has 0 aliphatic heterocycles. The summed E-state index contributed by atoms with van der Waals surface area (Å²) >= 11 is 0. The first-order valence-electron chi connectivity index (χ1n) is 9.90. The van der Waals surface area contributed by atoms with Gasteiger partial charge in [-0.15, -0.1) is 0 Å². The number of oxime groups is 1. The Morgan fingerprint density at radius 2 is 1.74 bits per heavy atom. The molecule has 2 aromatic carbocycles. The summed E-state index contributed by atoms with van der Waals surface area (Å²) in [5.74, 6) is 1.57. The molecule has 0 amide bonds. The molecule has 158 valence electrons. The summed E-state index contributed by atoms with van der Waals surface area (Å²) in [7, 11) is 0. The third-order valence-corrected chi connectivity index (χ3v) is 3.95. The molecular formula is C25H24N2O4. The van der Waals surface area contributed by atoms with E-state index >= 15 is 0 Å². The first kappa shape index (κ1) is 21.8. The number of pyridine rings is 1. The van der Waals surface area contributed by atoms with E-state index in [-0.39, 0.29) is 11.9 Å². The van der Waals surface area contributed by atoms with E-state index in [1.807, 2.05) is 68.4 Å². The number of ether oxygens (including phenoxy) is 2. The van der Waals surface area contributed by atoms with Crippen LogP contribution in [0.2, 0.25) is 0 Å². The smallest absolute Gasteiger partial charge is 0.213 e. The highest BCUT2D eigenvalue weighted by Crippen LogP contribution is 2.23. The number of carbonyl (C=O) groups is 1. The molecule has 0 bridgehead atoms. The first-order valence-corrected chi connectivity index (χ1v) is 9.90. The molecule has 1 heterocycles. The van der Waals surface area contributed by atoms with Gasteiger partial charge in [0.15, 0.2) is 5.78 Å². The average Bonchev–Trinajstić information content (AvgIpc) is 2.78. The molecule has 31 heavy (non-hydrogen) atoms.